The molecule has 0 fully saturated rings. The summed E-state index contributed by atoms with van der Waals surface area (Å²) in [5.74, 6) is 1.03. The summed E-state index contributed by atoms with van der Waals surface area (Å²) in [6, 6.07) is 5.37. The zero-order valence-corrected chi connectivity index (χ0v) is 12.1. The molecule has 0 unspecified atom stereocenters. The second-order valence-electron chi connectivity index (χ2n) is 3.87. The number of rotatable bonds is 4. The van der Waals surface area contributed by atoms with Crippen LogP contribution in [0.1, 0.15) is 22.0 Å². The van der Waals surface area contributed by atoms with E-state index in [9.17, 15) is 4.79 Å². The van der Waals surface area contributed by atoms with Gasteiger partial charge in [-0.25, -0.2) is 4.98 Å². The molecule has 0 radical (unpaired) electrons. The number of H-pyrrole nitrogens is 1. The number of carbonyl (C=O) groups excluding carboxylic acids is 1. The second-order valence-corrected chi connectivity index (χ2v) is 5.15. The minimum absolute atomic E-state index is 0.233. The monoisotopic (exact) mass is 296 g/mol. The van der Waals surface area contributed by atoms with E-state index in [-0.39, 0.29) is 12.5 Å². The van der Waals surface area contributed by atoms with Gasteiger partial charge in [0.25, 0.3) is 5.91 Å². The maximum absolute atomic E-state index is 12.0. The van der Waals surface area contributed by atoms with Gasteiger partial charge >= 0.3 is 0 Å². The first kappa shape index (κ1) is 13.9. The van der Waals surface area contributed by atoms with Crippen molar-refractivity contribution in [1.29, 1.82) is 0 Å². The van der Waals surface area contributed by atoms with Crippen LogP contribution < -0.4 is 5.32 Å². The molecule has 2 aromatic rings. The van der Waals surface area contributed by atoms with E-state index in [2.05, 4.69) is 20.5 Å². The minimum atomic E-state index is -0.233. The summed E-state index contributed by atoms with van der Waals surface area (Å²) < 4.78 is 0. The highest BCUT2D eigenvalue weighted by Gasteiger charge is 2.11. The number of carbonyl (C=O) groups is 1. The highest BCUT2D eigenvalue weighted by atomic mass is 35.5. The normalized spacial score (nSPS) is 10.5. The molecule has 0 aliphatic carbocycles. The summed E-state index contributed by atoms with van der Waals surface area (Å²) in [4.78, 5) is 17.1. The van der Waals surface area contributed by atoms with Crippen molar-refractivity contribution >= 4 is 29.3 Å². The highest BCUT2D eigenvalue weighted by molar-refractivity contribution is 7.98. The summed E-state index contributed by atoms with van der Waals surface area (Å²) >= 11 is 7.58. The molecule has 1 heterocycles. The first-order valence-corrected chi connectivity index (χ1v) is 7.20. The Morgan fingerprint density at radius 3 is 2.95 bits per heavy atom. The summed E-state index contributed by atoms with van der Waals surface area (Å²) in [5, 5.41) is 9.84. The zero-order chi connectivity index (χ0) is 13.8. The van der Waals surface area contributed by atoms with Crippen molar-refractivity contribution in [3.05, 3.63) is 40.4 Å². The smallest absolute Gasteiger partial charge is 0.253 e. The lowest BCUT2D eigenvalue weighted by atomic mass is 10.2. The Hall–Kier alpha value is -1.53. The van der Waals surface area contributed by atoms with Gasteiger partial charge in [0, 0.05) is 4.90 Å². The number of amides is 1. The van der Waals surface area contributed by atoms with E-state index in [0.717, 1.165) is 4.90 Å². The van der Waals surface area contributed by atoms with E-state index in [4.69, 9.17) is 11.6 Å². The van der Waals surface area contributed by atoms with Crippen LogP contribution in [0.4, 0.5) is 0 Å². The summed E-state index contributed by atoms with van der Waals surface area (Å²) in [7, 11) is 0. The number of thioether (sulfide) groups is 1. The molecular weight excluding hydrogens is 284 g/mol. The average molecular weight is 297 g/mol. The third-order valence-electron chi connectivity index (χ3n) is 2.47. The van der Waals surface area contributed by atoms with Crippen LogP contribution in [0.3, 0.4) is 0 Å². The summed E-state index contributed by atoms with van der Waals surface area (Å²) in [6.45, 7) is 2.07. The summed E-state index contributed by atoms with van der Waals surface area (Å²) in [6.07, 6.45) is 1.95. The molecule has 0 aliphatic heterocycles. The first-order valence-electron chi connectivity index (χ1n) is 5.60. The lowest BCUT2D eigenvalue weighted by molar-refractivity contribution is 0.0950. The van der Waals surface area contributed by atoms with Gasteiger partial charge in [-0.1, -0.05) is 11.6 Å². The molecule has 0 saturated heterocycles. The van der Waals surface area contributed by atoms with Gasteiger partial charge in [-0.15, -0.1) is 11.8 Å². The van der Waals surface area contributed by atoms with Gasteiger partial charge in [0.2, 0.25) is 0 Å². The van der Waals surface area contributed by atoms with Gasteiger partial charge in [0.05, 0.1) is 17.1 Å². The van der Waals surface area contributed by atoms with E-state index in [0.29, 0.717) is 22.2 Å². The quantitative estimate of drug-likeness (QED) is 0.850. The minimum Gasteiger partial charge on any atom is -0.345 e. The Balaban J connectivity index is 2.07. The molecule has 7 heteroatoms. The van der Waals surface area contributed by atoms with Gasteiger partial charge < -0.3 is 5.32 Å². The van der Waals surface area contributed by atoms with E-state index >= 15 is 0 Å². The van der Waals surface area contributed by atoms with E-state index in [1.807, 2.05) is 12.3 Å². The van der Waals surface area contributed by atoms with E-state index in [1.165, 1.54) is 0 Å². The fourth-order valence-corrected chi connectivity index (χ4v) is 2.17. The number of hydrogen-bond acceptors (Lipinski definition) is 4. The standard InChI is InChI=1S/C12H13ClN4OS/c1-7-15-11(17-16-7)6-14-12(18)9-5-8(19-2)3-4-10(9)13/h3-5H,6H2,1-2H3,(H,14,18)(H,15,16,17). The fraction of sp³-hybridized carbons (Fsp3) is 0.250. The topological polar surface area (TPSA) is 70.7 Å². The number of nitrogens with one attached hydrogen (secondary N) is 2. The van der Waals surface area contributed by atoms with Crippen molar-refractivity contribution in [2.24, 2.45) is 0 Å². The van der Waals surface area contributed by atoms with Crippen LogP contribution in [0.25, 0.3) is 0 Å². The number of aromatic nitrogens is 3. The molecule has 0 saturated carbocycles. The molecule has 100 valence electrons. The Bertz CT molecular complexity index is 599. The molecule has 1 aromatic carbocycles. The number of aryl methyl sites for hydroxylation is 1. The highest BCUT2D eigenvalue weighted by Crippen LogP contribution is 2.22. The molecule has 0 aliphatic rings. The molecular formula is C12H13ClN4OS. The number of hydrogen-bond donors (Lipinski definition) is 2. The Kier molecular flexibility index (Phi) is 4.44. The van der Waals surface area contributed by atoms with E-state index < -0.39 is 0 Å². The third kappa shape index (κ3) is 3.48. The third-order valence-corrected chi connectivity index (χ3v) is 3.52. The van der Waals surface area contributed by atoms with Crippen LogP contribution in [0, 0.1) is 6.92 Å². The molecule has 5 nitrogen and oxygen atoms in total. The van der Waals surface area contributed by atoms with Crippen LogP contribution in [0.15, 0.2) is 23.1 Å². The Morgan fingerprint density at radius 1 is 1.53 bits per heavy atom. The van der Waals surface area contributed by atoms with E-state index in [1.54, 1.807) is 30.8 Å². The van der Waals surface area contributed by atoms with Crippen LogP contribution in [-0.2, 0) is 6.54 Å². The fourth-order valence-electron chi connectivity index (χ4n) is 1.53. The predicted molar refractivity (Wildman–Crippen MR) is 75.5 cm³/mol. The maximum atomic E-state index is 12.0. The largest absolute Gasteiger partial charge is 0.345 e. The SMILES string of the molecule is CSc1ccc(Cl)c(C(=O)NCc2n[nH]c(C)n2)c1. The lowest BCUT2D eigenvalue weighted by Crippen LogP contribution is -2.23. The number of halogens is 1. The number of aromatic amines is 1. The Labute approximate surface area is 120 Å². The van der Waals surface area contributed by atoms with Crippen molar-refractivity contribution in [2.75, 3.05) is 6.26 Å². The van der Waals surface area contributed by atoms with Crippen molar-refractivity contribution < 1.29 is 4.79 Å². The molecule has 0 spiro atoms. The van der Waals surface area contributed by atoms with Gasteiger partial charge in [-0.3, -0.25) is 9.89 Å². The molecule has 0 atom stereocenters. The number of benzene rings is 1. The van der Waals surface area contributed by atoms with Crippen LogP contribution in [-0.4, -0.2) is 27.3 Å². The molecule has 1 aromatic heterocycles. The van der Waals surface area contributed by atoms with Crippen molar-refractivity contribution in [2.45, 2.75) is 18.4 Å². The van der Waals surface area contributed by atoms with Gasteiger partial charge in [-0.05, 0) is 31.4 Å². The van der Waals surface area contributed by atoms with Crippen molar-refractivity contribution in [3.8, 4) is 0 Å². The van der Waals surface area contributed by atoms with Crippen molar-refractivity contribution in [1.82, 2.24) is 20.5 Å². The van der Waals surface area contributed by atoms with Crippen LogP contribution in [0.2, 0.25) is 5.02 Å². The molecule has 19 heavy (non-hydrogen) atoms. The average Bonchev–Trinajstić information content (AvgIpc) is 2.82. The van der Waals surface area contributed by atoms with Gasteiger partial charge in [-0.2, -0.15) is 5.10 Å². The molecule has 0 bridgehead atoms. The summed E-state index contributed by atoms with van der Waals surface area (Å²) in [5.41, 5.74) is 0.459. The first-order chi connectivity index (χ1) is 9.10. The lowest BCUT2D eigenvalue weighted by Gasteiger charge is -2.06. The number of nitrogens with zero attached hydrogens (tertiary/aromatic N) is 2. The maximum Gasteiger partial charge on any atom is 0.253 e. The Morgan fingerprint density at radius 2 is 2.32 bits per heavy atom. The molecule has 2 N–H and O–H groups in total. The van der Waals surface area contributed by atoms with Crippen LogP contribution in [0.5, 0.6) is 0 Å². The van der Waals surface area contributed by atoms with Crippen LogP contribution >= 0.6 is 23.4 Å². The zero-order valence-electron chi connectivity index (χ0n) is 10.5. The van der Waals surface area contributed by atoms with Gasteiger partial charge in [0.15, 0.2) is 5.82 Å². The predicted octanol–water partition coefficient (Wildman–Crippen LogP) is 2.42. The van der Waals surface area contributed by atoms with Gasteiger partial charge in [0.1, 0.15) is 5.82 Å². The molecule has 2 rings (SSSR count). The van der Waals surface area contributed by atoms with Crippen molar-refractivity contribution in [3.63, 3.8) is 0 Å². The molecule has 1 amide bonds. The second kappa shape index (κ2) is 6.08.